The van der Waals surface area contributed by atoms with Crippen molar-refractivity contribution in [2.24, 2.45) is 0 Å². The van der Waals surface area contributed by atoms with Gasteiger partial charge in [0.15, 0.2) is 0 Å². The number of carbonyl (C=O) groups is 1. The van der Waals surface area contributed by atoms with Gasteiger partial charge in [0, 0.05) is 0 Å². The highest BCUT2D eigenvalue weighted by Crippen LogP contribution is 2.21. The van der Waals surface area contributed by atoms with Crippen LogP contribution in [0.4, 0.5) is 14.5 Å². The monoisotopic (exact) mass is 273 g/mol. The molecule has 0 spiro atoms. The van der Waals surface area contributed by atoms with Gasteiger partial charge >= 0.3 is 0 Å². The number of benzene rings is 2. The first-order valence-electron chi connectivity index (χ1n) is 5.84. The van der Waals surface area contributed by atoms with E-state index in [1.807, 2.05) is 0 Å². The second kappa shape index (κ2) is 4.73. The van der Waals surface area contributed by atoms with Crippen LogP contribution in [0.15, 0.2) is 42.7 Å². The SMILES string of the molecule is O=C(Nc1c(F)cccc1F)c1cccc2[nH]cnc12. The van der Waals surface area contributed by atoms with E-state index in [9.17, 15) is 13.6 Å². The molecular formula is C14H9F2N3O. The fraction of sp³-hybridized carbons (Fsp3) is 0. The first kappa shape index (κ1) is 12.3. The summed E-state index contributed by atoms with van der Waals surface area (Å²) < 4.78 is 27.0. The summed E-state index contributed by atoms with van der Waals surface area (Å²) in [4.78, 5) is 19.0. The zero-order chi connectivity index (χ0) is 14.1. The molecule has 0 radical (unpaired) electrons. The summed E-state index contributed by atoms with van der Waals surface area (Å²) in [6, 6.07) is 8.34. The molecule has 0 aliphatic carbocycles. The average Bonchev–Trinajstić information content (AvgIpc) is 2.91. The average molecular weight is 273 g/mol. The van der Waals surface area contributed by atoms with Crippen molar-refractivity contribution < 1.29 is 13.6 Å². The Kier molecular flexibility index (Phi) is 2.90. The van der Waals surface area contributed by atoms with Gasteiger partial charge in [0.2, 0.25) is 0 Å². The molecule has 0 saturated carbocycles. The molecular weight excluding hydrogens is 264 g/mol. The van der Waals surface area contributed by atoms with Gasteiger partial charge in [0.1, 0.15) is 22.8 Å². The van der Waals surface area contributed by atoms with Gasteiger partial charge in [-0.2, -0.15) is 0 Å². The van der Waals surface area contributed by atoms with Crippen molar-refractivity contribution in [3.05, 3.63) is 59.9 Å². The van der Waals surface area contributed by atoms with Crippen LogP contribution < -0.4 is 5.32 Å². The molecule has 1 amide bonds. The first-order chi connectivity index (χ1) is 9.66. The van der Waals surface area contributed by atoms with Crippen LogP contribution in [0.25, 0.3) is 11.0 Å². The molecule has 3 aromatic rings. The summed E-state index contributed by atoms with van der Waals surface area (Å²) in [6.07, 6.45) is 1.45. The third-order valence-electron chi connectivity index (χ3n) is 2.90. The molecule has 1 aromatic heterocycles. The highest BCUT2D eigenvalue weighted by molar-refractivity contribution is 6.11. The van der Waals surface area contributed by atoms with E-state index < -0.39 is 23.2 Å². The zero-order valence-electron chi connectivity index (χ0n) is 10.2. The van der Waals surface area contributed by atoms with Crippen molar-refractivity contribution in [2.45, 2.75) is 0 Å². The maximum absolute atomic E-state index is 13.5. The van der Waals surface area contributed by atoms with Crippen molar-refractivity contribution in [2.75, 3.05) is 5.32 Å². The van der Waals surface area contributed by atoms with E-state index in [0.717, 1.165) is 12.1 Å². The second-order valence-electron chi connectivity index (χ2n) is 4.16. The number of fused-ring (bicyclic) bond motifs is 1. The van der Waals surface area contributed by atoms with Gasteiger partial charge in [0.25, 0.3) is 5.91 Å². The van der Waals surface area contributed by atoms with Crippen LogP contribution in [0.2, 0.25) is 0 Å². The molecule has 0 fully saturated rings. The molecule has 20 heavy (non-hydrogen) atoms. The maximum atomic E-state index is 13.5. The summed E-state index contributed by atoms with van der Waals surface area (Å²) in [5.41, 5.74) is 0.893. The van der Waals surface area contributed by atoms with Gasteiger partial charge in [-0.1, -0.05) is 12.1 Å². The minimum atomic E-state index is -0.826. The molecule has 0 saturated heterocycles. The second-order valence-corrected chi connectivity index (χ2v) is 4.16. The Bertz CT molecular complexity index is 778. The largest absolute Gasteiger partial charge is 0.345 e. The van der Waals surface area contributed by atoms with Crippen molar-refractivity contribution in [3.63, 3.8) is 0 Å². The van der Waals surface area contributed by atoms with Gasteiger partial charge < -0.3 is 10.3 Å². The molecule has 3 rings (SSSR count). The number of nitrogens with zero attached hydrogens (tertiary/aromatic N) is 1. The molecule has 4 nitrogen and oxygen atoms in total. The van der Waals surface area contributed by atoms with E-state index in [4.69, 9.17) is 0 Å². The minimum absolute atomic E-state index is 0.242. The number of para-hydroxylation sites is 2. The summed E-state index contributed by atoms with van der Waals surface area (Å²) in [7, 11) is 0. The maximum Gasteiger partial charge on any atom is 0.258 e. The number of imidazole rings is 1. The number of aromatic nitrogens is 2. The fourth-order valence-corrected chi connectivity index (χ4v) is 1.95. The summed E-state index contributed by atoms with van der Waals surface area (Å²) >= 11 is 0. The Labute approximate surface area is 112 Å². The fourth-order valence-electron chi connectivity index (χ4n) is 1.95. The van der Waals surface area contributed by atoms with Crippen LogP contribution in [0.3, 0.4) is 0 Å². The molecule has 0 unspecified atom stereocenters. The molecule has 2 N–H and O–H groups in total. The summed E-state index contributed by atoms with van der Waals surface area (Å²) in [6.45, 7) is 0. The number of rotatable bonds is 2. The van der Waals surface area contributed by atoms with Crippen LogP contribution in [-0.4, -0.2) is 15.9 Å². The Morgan fingerprint density at radius 1 is 1.10 bits per heavy atom. The van der Waals surface area contributed by atoms with Crippen LogP contribution in [0, 0.1) is 11.6 Å². The van der Waals surface area contributed by atoms with E-state index in [1.165, 1.54) is 18.5 Å². The Morgan fingerprint density at radius 2 is 1.80 bits per heavy atom. The van der Waals surface area contributed by atoms with E-state index in [2.05, 4.69) is 15.3 Å². The molecule has 1 heterocycles. The molecule has 100 valence electrons. The third kappa shape index (κ3) is 2.01. The van der Waals surface area contributed by atoms with E-state index in [0.29, 0.717) is 11.0 Å². The van der Waals surface area contributed by atoms with Crippen molar-refractivity contribution in [1.82, 2.24) is 9.97 Å². The smallest absolute Gasteiger partial charge is 0.258 e. The number of anilines is 1. The number of aromatic amines is 1. The van der Waals surface area contributed by atoms with Crippen LogP contribution in [0.5, 0.6) is 0 Å². The van der Waals surface area contributed by atoms with Crippen LogP contribution in [-0.2, 0) is 0 Å². The number of H-pyrrole nitrogens is 1. The molecule has 0 bridgehead atoms. The standard InChI is InChI=1S/C14H9F2N3O/c15-9-4-2-5-10(16)13(9)19-14(20)8-3-1-6-11-12(8)18-7-17-11/h1-7H,(H,17,18)(H,19,20). The Morgan fingerprint density at radius 3 is 2.55 bits per heavy atom. The number of hydrogen-bond donors (Lipinski definition) is 2. The van der Waals surface area contributed by atoms with Crippen LogP contribution >= 0.6 is 0 Å². The molecule has 6 heteroatoms. The number of halogens is 2. The Balaban J connectivity index is 2.00. The zero-order valence-corrected chi connectivity index (χ0v) is 10.2. The number of hydrogen-bond acceptors (Lipinski definition) is 2. The lowest BCUT2D eigenvalue weighted by atomic mass is 10.1. The van der Waals surface area contributed by atoms with Gasteiger partial charge in [-0.25, -0.2) is 13.8 Å². The lowest BCUT2D eigenvalue weighted by molar-refractivity contribution is 0.102. The van der Waals surface area contributed by atoms with Gasteiger partial charge in [-0.3, -0.25) is 4.79 Å². The highest BCUT2D eigenvalue weighted by Gasteiger charge is 2.16. The topological polar surface area (TPSA) is 57.8 Å². The molecule has 0 aliphatic rings. The van der Waals surface area contributed by atoms with E-state index in [-0.39, 0.29) is 5.56 Å². The predicted octanol–water partition coefficient (Wildman–Crippen LogP) is 3.09. The van der Waals surface area contributed by atoms with Gasteiger partial charge in [-0.15, -0.1) is 0 Å². The third-order valence-corrected chi connectivity index (χ3v) is 2.90. The highest BCUT2D eigenvalue weighted by atomic mass is 19.1. The predicted molar refractivity (Wildman–Crippen MR) is 70.4 cm³/mol. The number of nitrogens with one attached hydrogen (secondary N) is 2. The summed E-state index contributed by atoms with van der Waals surface area (Å²) in [5, 5.41) is 2.23. The molecule has 0 aliphatic heterocycles. The van der Waals surface area contributed by atoms with Gasteiger partial charge in [0.05, 0.1) is 17.4 Å². The summed E-state index contributed by atoms with van der Waals surface area (Å²) in [5.74, 6) is -2.27. The lowest BCUT2D eigenvalue weighted by Gasteiger charge is -2.07. The van der Waals surface area contributed by atoms with Crippen LogP contribution in [0.1, 0.15) is 10.4 Å². The number of amides is 1. The minimum Gasteiger partial charge on any atom is -0.345 e. The van der Waals surface area contributed by atoms with Gasteiger partial charge in [-0.05, 0) is 24.3 Å². The number of carbonyl (C=O) groups excluding carboxylic acids is 1. The van der Waals surface area contributed by atoms with Crippen molar-refractivity contribution in [1.29, 1.82) is 0 Å². The van der Waals surface area contributed by atoms with Crippen molar-refractivity contribution in [3.8, 4) is 0 Å². The molecule has 2 aromatic carbocycles. The normalized spacial score (nSPS) is 10.7. The quantitative estimate of drug-likeness (QED) is 0.753. The Hall–Kier alpha value is -2.76. The van der Waals surface area contributed by atoms with E-state index >= 15 is 0 Å². The first-order valence-corrected chi connectivity index (χ1v) is 5.84. The van der Waals surface area contributed by atoms with Crippen molar-refractivity contribution >= 4 is 22.6 Å². The van der Waals surface area contributed by atoms with E-state index in [1.54, 1.807) is 12.1 Å². The molecule has 0 atom stereocenters. The lowest BCUT2D eigenvalue weighted by Crippen LogP contribution is -2.14.